The summed E-state index contributed by atoms with van der Waals surface area (Å²) in [6.45, 7) is 14.0. The minimum atomic E-state index is -1.70. The number of primary amides is 1. The third-order valence-corrected chi connectivity index (χ3v) is 7.97. The molecular weight excluding hydrogens is 422 g/mol. The van der Waals surface area contributed by atoms with Gasteiger partial charge in [0.15, 0.2) is 5.60 Å². The Balaban J connectivity index is 1.75. The molecule has 0 saturated heterocycles. The van der Waals surface area contributed by atoms with Gasteiger partial charge in [0.2, 0.25) is 0 Å². The minimum absolute atomic E-state index is 0.00277. The summed E-state index contributed by atoms with van der Waals surface area (Å²) >= 11 is 0. The number of nitrogens with two attached hydrogens (primary N) is 1. The van der Waals surface area contributed by atoms with Crippen molar-refractivity contribution in [3.8, 4) is 5.75 Å². The van der Waals surface area contributed by atoms with Crippen LogP contribution in [0.15, 0.2) is 48.5 Å². The highest BCUT2D eigenvalue weighted by molar-refractivity contribution is 5.88. The summed E-state index contributed by atoms with van der Waals surface area (Å²) in [4.78, 5) is 12.3. The number of carbonyl (C=O) groups excluding carboxylic acids is 1. The van der Waals surface area contributed by atoms with Crippen molar-refractivity contribution in [2.45, 2.75) is 83.7 Å². The molecule has 184 valence electrons. The Morgan fingerprint density at radius 3 is 2.38 bits per heavy atom. The van der Waals surface area contributed by atoms with E-state index in [4.69, 9.17) is 10.5 Å². The molecule has 3 N–H and O–H groups in total. The maximum absolute atomic E-state index is 12.3. The van der Waals surface area contributed by atoms with E-state index >= 15 is 0 Å². The molecule has 1 aliphatic rings. The van der Waals surface area contributed by atoms with Gasteiger partial charge in [-0.1, -0.05) is 90.1 Å². The van der Waals surface area contributed by atoms with Crippen molar-refractivity contribution >= 4 is 12.0 Å². The third kappa shape index (κ3) is 4.93. The fraction of sp³-hybridized carbons (Fsp3) is 0.500. The fourth-order valence-corrected chi connectivity index (χ4v) is 4.65. The maximum Gasteiger partial charge on any atom is 0.254 e. The monoisotopic (exact) mass is 463 g/mol. The third-order valence-electron chi connectivity index (χ3n) is 7.97. The zero-order valence-corrected chi connectivity index (χ0v) is 21.7. The van der Waals surface area contributed by atoms with Crippen molar-refractivity contribution < 1.29 is 14.6 Å². The van der Waals surface area contributed by atoms with E-state index in [-0.39, 0.29) is 16.7 Å². The quantitative estimate of drug-likeness (QED) is 0.410. The Bertz CT molecular complexity index is 1050. The Hall–Kier alpha value is -2.59. The normalized spacial score (nSPS) is 20.1. The van der Waals surface area contributed by atoms with E-state index < -0.39 is 11.5 Å². The largest absolute Gasteiger partial charge is 0.493 e. The average molecular weight is 464 g/mol. The van der Waals surface area contributed by atoms with E-state index in [0.717, 1.165) is 24.2 Å². The molecule has 0 radical (unpaired) electrons. The van der Waals surface area contributed by atoms with Crippen LogP contribution in [0.3, 0.4) is 0 Å². The zero-order chi connectivity index (χ0) is 25.1. The van der Waals surface area contributed by atoms with Crippen LogP contribution in [0.1, 0.15) is 89.5 Å². The number of carbonyl (C=O) groups is 1. The van der Waals surface area contributed by atoms with Gasteiger partial charge in [-0.25, -0.2) is 0 Å². The van der Waals surface area contributed by atoms with Crippen LogP contribution >= 0.6 is 0 Å². The molecule has 34 heavy (non-hydrogen) atoms. The van der Waals surface area contributed by atoms with Crippen LogP contribution in [0.5, 0.6) is 5.75 Å². The van der Waals surface area contributed by atoms with E-state index in [1.807, 2.05) is 30.4 Å². The predicted molar refractivity (Wildman–Crippen MR) is 140 cm³/mol. The Morgan fingerprint density at radius 1 is 1.06 bits per heavy atom. The number of aliphatic hydroxyl groups is 1. The maximum atomic E-state index is 12.3. The lowest BCUT2D eigenvalue weighted by Crippen LogP contribution is -2.48. The average Bonchev–Trinajstić information content (AvgIpc) is 2.82. The molecule has 0 bridgehead atoms. The molecule has 0 aliphatic heterocycles. The van der Waals surface area contributed by atoms with Gasteiger partial charge in [-0.05, 0) is 53.7 Å². The molecule has 0 aromatic heterocycles. The van der Waals surface area contributed by atoms with Gasteiger partial charge in [-0.3, -0.25) is 4.79 Å². The molecule has 3 rings (SSSR count). The Morgan fingerprint density at radius 2 is 1.74 bits per heavy atom. The molecular formula is C30H41NO3. The summed E-state index contributed by atoms with van der Waals surface area (Å²) in [5.41, 5.74) is 8.07. The molecule has 0 fully saturated rings. The van der Waals surface area contributed by atoms with Crippen molar-refractivity contribution in [3.05, 3.63) is 70.8 Å². The van der Waals surface area contributed by atoms with Crippen LogP contribution in [-0.4, -0.2) is 17.6 Å². The van der Waals surface area contributed by atoms with Crippen molar-refractivity contribution in [1.29, 1.82) is 0 Å². The number of benzene rings is 2. The van der Waals surface area contributed by atoms with E-state index in [1.165, 1.54) is 11.1 Å². The van der Waals surface area contributed by atoms with Gasteiger partial charge in [-0.2, -0.15) is 0 Å². The molecule has 2 unspecified atom stereocenters. The summed E-state index contributed by atoms with van der Waals surface area (Å²) in [6.07, 6.45) is 7.24. The number of ether oxygens (including phenoxy) is 1. The molecule has 4 heteroatoms. The van der Waals surface area contributed by atoms with Crippen LogP contribution in [0.2, 0.25) is 0 Å². The second-order valence-corrected chi connectivity index (χ2v) is 10.9. The van der Waals surface area contributed by atoms with Gasteiger partial charge >= 0.3 is 0 Å². The standard InChI is InChI=1S/C30H41NO3/c1-7-28(3,4)23-17-18-26(25(20-23)29(5,6)8-2)34-19-11-13-22-16-15-21-12-9-10-14-24(21)30(22,33)27(31)32/h9-10,12,14-18,20,22,33H,7-8,11,13,19H2,1-6H3,(H2,31,32). The summed E-state index contributed by atoms with van der Waals surface area (Å²) in [5, 5.41) is 11.3. The first kappa shape index (κ1) is 26.0. The summed E-state index contributed by atoms with van der Waals surface area (Å²) in [5.74, 6) is -0.184. The SMILES string of the molecule is CCC(C)(C)c1ccc(OCCCC2C=Cc3ccccc3C2(O)C(N)=O)c(C(C)(C)CC)c1. The predicted octanol–water partition coefficient (Wildman–Crippen LogP) is 6.24. The fourth-order valence-electron chi connectivity index (χ4n) is 4.65. The van der Waals surface area contributed by atoms with E-state index in [2.05, 4.69) is 59.7 Å². The molecule has 2 aromatic carbocycles. The highest BCUT2D eigenvalue weighted by atomic mass is 16.5. The number of amides is 1. The highest BCUT2D eigenvalue weighted by Crippen LogP contribution is 2.41. The molecule has 1 amide bonds. The second-order valence-electron chi connectivity index (χ2n) is 10.9. The first-order valence-corrected chi connectivity index (χ1v) is 12.5. The topological polar surface area (TPSA) is 72.6 Å². The number of hydrogen-bond acceptors (Lipinski definition) is 3. The lowest BCUT2D eigenvalue weighted by atomic mass is 9.73. The van der Waals surface area contributed by atoms with Crippen LogP contribution in [-0.2, 0) is 21.2 Å². The number of hydrogen-bond donors (Lipinski definition) is 2. The van der Waals surface area contributed by atoms with E-state index in [0.29, 0.717) is 25.0 Å². The first-order valence-electron chi connectivity index (χ1n) is 12.5. The summed E-state index contributed by atoms with van der Waals surface area (Å²) in [7, 11) is 0. The molecule has 2 aromatic rings. The zero-order valence-electron chi connectivity index (χ0n) is 21.7. The minimum Gasteiger partial charge on any atom is -0.493 e. The molecule has 4 nitrogen and oxygen atoms in total. The first-order chi connectivity index (χ1) is 16.0. The van der Waals surface area contributed by atoms with Crippen LogP contribution in [0, 0.1) is 5.92 Å². The molecule has 0 spiro atoms. The molecule has 0 saturated carbocycles. The van der Waals surface area contributed by atoms with Crippen LogP contribution in [0.25, 0.3) is 6.08 Å². The van der Waals surface area contributed by atoms with Gasteiger partial charge in [0.25, 0.3) is 5.91 Å². The number of rotatable bonds is 10. The molecule has 1 aliphatic carbocycles. The van der Waals surface area contributed by atoms with Gasteiger partial charge < -0.3 is 15.6 Å². The van der Waals surface area contributed by atoms with Crippen molar-refractivity contribution in [2.75, 3.05) is 6.61 Å². The lowest BCUT2D eigenvalue weighted by molar-refractivity contribution is -0.142. The number of fused-ring (bicyclic) bond motifs is 1. The molecule has 2 atom stereocenters. The summed E-state index contributed by atoms with van der Waals surface area (Å²) in [6, 6.07) is 14.0. The van der Waals surface area contributed by atoms with Gasteiger partial charge in [-0.15, -0.1) is 0 Å². The van der Waals surface area contributed by atoms with Crippen molar-refractivity contribution in [1.82, 2.24) is 0 Å². The lowest BCUT2D eigenvalue weighted by Gasteiger charge is -2.36. The smallest absolute Gasteiger partial charge is 0.254 e. The van der Waals surface area contributed by atoms with Crippen LogP contribution in [0.4, 0.5) is 0 Å². The molecule has 0 heterocycles. The summed E-state index contributed by atoms with van der Waals surface area (Å²) < 4.78 is 6.29. The van der Waals surface area contributed by atoms with Gasteiger partial charge in [0.1, 0.15) is 5.75 Å². The Labute approximate surface area is 205 Å². The van der Waals surface area contributed by atoms with Crippen LogP contribution < -0.4 is 10.5 Å². The van der Waals surface area contributed by atoms with Gasteiger partial charge in [0.05, 0.1) is 6.61 Å². The van der Waals surface area contributed by atoms with Crippen molar-refractivity contribution in [3.63, 3.8) is 0 Å². The van der Waals surface area contributed by atoms with E-state index in [1.54, 1.807) is 6.07 Å². The van der Waals surface area contributed by atoms with Crippen molar-refractivity contribution in [2.24, 2.45) is 11.7 Å². The van der Waals surface area contributed by atoms with Gasteiger partial charge in [0, 0.05) is 17.0 Å². The van der Waals surface area contributed by atoms with E-state index in [9.17, 15) is 9.90 Å². The Kier molecular flexibility index (Phi) is 7.62. The highest BCUT2D eigenvalue weighted by Gasteiger charge is 2.45. The second kappa shape index (κ2) is 9.95.